The molecule has 0 saturated heterocycles. The number of rotatable bonds is 6. The summed E-state index contributed by atoms with van der Waals surface area (Å²) in [5.41, 5.74) is 2.47. The molecule has 1 aromatic heterocycles. The van der Waals surface area contributed by atoms with Crippen LogP contribution in [0.1, 0.15) is 24.4 Å². The molecule has 1 heterocycles. The average Bonchev–Trinajstić information content (AvgIpc) is 3.16. The summed E-state index contributed by atoms with van der Waals surface area (Å²) in [5, 5.41) is 3.67. The molecule has 0 aliphatic carbocycles. The second-order valence-electron chi connectivity index (χ2n) is 5.94. The number of hydrogen-bond acceptors (Lipinski definition) is 3. The Hall–Kier alpha value is -2.43. The summed E-state index contributed by atoms with van der Waals surface area (Å²) in [6.07, 6.45) is 0. The lowest BCUT2D eigenvalue weighted by molar-refractivity contribution is 0.0997. The van der Waals surface area contributed by atoms with E-state index >= 15 is 0 Å². The molecule has 0 radical (unpaired) electrons. The van der Waals surface area contributed by atoms with Crippen molar-refractivity contribution < 1.29 is 9.21 Å². The Labute approximate surface area is 168 Å². The molecule has 0 fully saturated rings. The molecule has 3 aromatic rings. The molecule has 0 spiro atoms. The summed E-state index contributed by atoms with van der Waals surface area (Å²) in [6, 6.07) is 16.3. The average molecular weight is 403 g/mol. The van der Waals surface area contributed by atoms with Crippen LogP contribution in [0.3, 0.4) is 0 Å². The quantitative estimate of drug-likeness (QED) is 0.522. The maximum Gasteiger partial charge on any atom is 0.291 e. The van der Waals surface area contributed by atoms with Crippen molar-refractivity contribution in [1.82, 2.24) is 0 Å². The van der Waals surface area contributed by atoms with E-state index in [4.69, 9.17) is 27.6 Å². The van der Waals surface area contributed by atoms with Crippen LogP contribution in [0.5, 0.6) is 0 Å². The van der Waals surface area contributed by atoms with Crippen LogP contribution in [-0.2, 0) is 0 Å². The highest BCUT2D eigenvalue weighted by Crippen LogP contribution is 2.34. The maximum atomic E-state index is 12.5. The molecule has 0 aliphatic heterocycles. The van der Waals surface area contributed by atoms with Gasteiger partial charge in [0.2, 0.25) is 0 Å². The predicted molar refractivity (Wildman–Crippen MR) is 112 cm³/mol. The van der Waals surface area contributed by atoms with Crippen molar-refractivity contribution in [3.8, 4) is 11.3 Å². The van der Waals surface area contributed by atoms with Crippen LogP contribution in [0, 0.1) is 0 Å². The van der Waals surface area contributed by atoms with Crippen LogP contribution in [0.4, 0.5) is 11.4 Å². The highest BCUT2D eigenvalue weighted by atomic mass is 35.5. The molecule has 0 unspecified atom stereocenters. The highest BCUT2D eigenvalue weighted by Gasteiger charge is 2.15. The zero-order valence-corrected chi connectivity index (χ0v) is 16.6. The lowest BCUT2D eigenvalue weighted by Crippen LogP contribution is -2.21. The smallest absolute Gasteiger partial charge is 0.291 e. The number of nitrogens with one attached hydrogen (secondary N) is 1. The van der Waals surface area contributed by atoms with Crippen LogP contribution in [0.25, 0.3) is 11.3 Å². The highest BCUT2D eigenvalue weighted by molar-refractivity contribution is 6.43. The second kappa shape index (κ2) is 8.51. The number of amides is 1. The van der Waals surface area contributed by atoms with Crippen LogP contribution in [-0.4, -0.2) is 19.0 Å². The fraction of sp³-hybridized carbons (Fsp3) is 0.190. The molecule has 6 heteroatoms. The lowest BCUT2D eigenvalue weighted by atomic mass is 10.2. The van der Waals surface area contributed by atoms with E-state index in [1.54, 1.807) is 30.3 Å². The van der Waals surface area contributed by atoms with E-state index in [1.807, 2.05) is 24.3 Å². The zero-order chi connectivity index (χ0) is 19.4. The zero-order valence-electron chi connectivity index (χ0n) is 15.1. The largest absolute Gasteiger partial charge is 0.451 e. The van der Waals surface area contributed by atoms with Crippen LogP contribution in [0.2, 0.25) is 10.0 Å². The monoisotopic (exact) mass is 402 g/mol. The Kier molecular flexibility index (Phi) is 6.09. The van der Waals surface area contributed by atoms with Gasteiger partial charge in [0.15, 0.2) is 5.76 Å². The summed E-state index contributed by atoms with van der Waals surface area (Å²) >= 11 is 12.3. The van der Waals surface area contributed by atoms with Crippen LogP contribution in [0.15, 0.2) is 59.0 Å². The Morgan fingerprint density at radius 3 is 2.37 bits per heavy atom. The van der Waals surface area contributed by atoms with E-state index in [0.29, 0.717) is 27.1 Å². The van der Waals surface area contributed by atoms with E-state index < -0.39 is 0 Å². The third-order valence-corrected chi connectivity index (χ3v) is 5.12. The molecule has 1 N–H and O–H groups in total. The van der Waals surface area contributed by atoms with E-state index in [9.17, 15) is 4.79 Å². The Balaban J connectivity index is 1.74. The summed E-state index contributed by atoms with van der Waals surface area (Å²) in [4.78, 5) is 14.7. The minimum Gasteiger partial charge on any atom is -0.451 e. The standard InChI is InChI=1S/C21H20Cl2N2O2/c1-3-25(4-2)15-10-8-14(9-11-15)24-21(26)19-13-12-18(27-19)16-6-5-7-17(22)20(16)23/h5-13H,3-4H2,1-2H3,(H,24,26). The van der Waals surface area contributed by atoms with Gasteiger partial charge in [-0.25, -0.2) is 0 Å². The van der Waals surface area contributed by atoms with E-state index in [1.165, 1.54) is 0 Å². The van der Waals surface area contributed by atoms with Crippen molar-refractivity contribution in [2.45, 2.75) is 13.8 Å². The number of furan rings is 1. The van der Waals surface area contributed by atoms with Crippen LogP contribution < -0.4 is 10.2 Å². The Bertz CT molecular complexity index is 932. The number of benzene rings is 2. The first-order valence-electron chi connectivity index (χ1n) is 8.74. The third kappa shape index (κ3) is 4.29. The van der Waals surface area contributed by atoms with Gasteiger partial charge < -0.3 is 14.6 Å². The number of hydrogen-bond donors (Lipinski definition) is 1. The third-order valence-electron chi connectivity index (χ3n) is 4.30. The lowest BCUT2D eigenvalue weighted by Gasteiger charge is -2.21. The van der Waals surface area contributed by atoms with Gasteiger partial charge in [0.05, 0.1) is 10.0 Å². The molecule has 0 atom stereocenters. The van der Waals surface area contributed by atoms with Crippen LogP contribution >= 0.6 is 23.2 Å². The van der Waals surface area contributed by atoms with E-state index in [0.717, 1.165) is 18.8 Å². The predicted octanol–water partition coefficient (Wildman–Crippen LogP) is 6.35. The molecule has 2 aromatic carbocycles. The van der Waals surface area contributed by atoms with E-state index in [2.05, 4.69) is 24.1 Å². The van der Waals surface area contributed by atoms with Crippen molar-refractivity contribution in [2.24, 2.45) is 0 Å². The number of anilines is 2. The van der Waals surface area contributed by atoms with Gasteiger partial charge >= 0.3 is 0 Å². The first-order valence-corrected chi connectivity index (χ1v) is 9.49. The first-order chi connectivity index (χ1) is 13.0. The fourth-order valence-electron chi connectivity index (χ4n) is 2.84. The molecule has 3 rings (SSSR count). The SMILES string of the molecule is CCN(CC)c1ccc(NC(=O)c2ccc(-c3cccc(Cl)c3Cl)o2)cc1. The van der Waals surface area contributed by atoms with Gasteiger partial charge in [-0.2, -0.15) is 0 Å². The number of carbonyl (C=O) groups excluding carboxylic acids is 1. The minimum atomic E-state index is -0.324. The molecule has 0 bridgehead atoms. The number of carbonyl (C=O) groups is 1. The molecule has 27 heavy (non-hydrogen) atoms. The summed E-state index contributed by atoms with van der Waals surface area (Å²) in [6.45, 7) is 6.09. The molecule has 4 nitrogen and oxygen atoms in total. The minimum absolute atomic E-state index is 0.203. The van der Waals surface area contributed by atoms with Crippen molar-refractivity contribution in [1.29, 1.82) is 0 Å². The molecule has 1 amide bonds. The van der Waals surface area contributed by atoms with Gasteiger partial charge in [-0.15, -0.1) is 0 Å². The van der Waals surface area contributed by atoms with Crippen molar-refractivity contribution >= 4 is 40.5 Å². The normalized spacial score (nSPS) is 10.7. The van der Waals surface area contributed by atoms with Crippen molar-refractivity contribution in [3.05, 3.63) is 70.4 Å². The summed E-state index contributed by atoms with van der Waals surface area (Å²) < 4.78 is 5.67. The van der Waals surface area contributed by atoms with E-state index in [-0.39, 0.29) is 11.7 Å². The Morgan fingerprint density at radius 1 is 1.00 bits per heavy atom. The van der Waals surface area contributed by atoms with Crippen molar-refractivity contribution in [2.75, 3.05) is 23.3 Å². The van der Waals surface area contributed by atoms with Gasteiger partial charge in [-0.05, 0) is 62.4 Å². The maximum absolute atomic E-state index is 12.5. The first kappa shape index (κ1) is 19.3. The second-order valence-corrected chi connectivity index (χ2v) is 6.72. The molecular formula is C21H20Cl2N2O2. The topological polar surface area (TPSA) is 45.5 Å². The fourth-order valence-corrected chi connectivity index (χ4v) is 3.23. The molecule has 0 saturated carbocycles. The molecular weight excluding hydrogens is 383 g/mol. The number of halogens is 2. The van der Waals surface area contributed by atoms with Gasteiger partial charge in [-0.3, -0.25) is 4.79 Å². The van der Waals surface area contributed by atoms with Gasteiger partial charge in [0.25, 0.3) is 5.91 Å². The molecule has 140 valence electrons. The Morgan fingerprint density at radius 2 is 1.70 bits per heavy atom. The summed E-state index contributed by atoms with van der Waals surface area (Å²) in [7, 11) is 0. The van der Waals surface area contributed by atoms with Gasteiger partial charge in [-0.1, -0.05) is 29.3 Å². The van der Waals surface area contributed by atoms with Gasteiger partial charge in [0.1, 0.15) is 5.76 Å². The number of nitrogens with zero attached hydrogens (tertiary/aromatic N) is 1. The van der Waals surface area contributed by atoms with Crippen molar-refractivity contribution in [3.63, 3.8) is 0 Å². The van der Waals surface area contributed by atoms with Gasteiger partial charge in [0, 0.05) is 30.0 Å². The molecule has 0 aliphatic rings. The summed E-state index contributed by atoms with van der Waals surface area (Å²) in [5.74, 6) is 0.369.